The first kappa shape index (κ1) is 13.0. The Balaban J connectivity index is 2.32. The second kappa shape index (κ2) is 5.48. The molecule has 0 unspecified atom stereocenters. The molecular weight excluding hydrogens is 244 g/mol. The molecule has 1 heterocycles. The molecule has 0 bridgehead atoms. The van der Waals surface area contributed by atoms with Gasteiger partial charge in [0.1, 0.15) is 0 Å². The summed E-state index contributed by atoms with van der Waals surface area (Å²) < 4.78 is 10.5. The van der Waals surface area contributed by atoms with E-state index in [4.69, 9.17) is 15.2 Å². The van der Waals surface area contributed by atoms with Crippen molar-refractivity contribution < 1.29 is 14.3 Å². The van der Waals surface area contributed by atoms with E-state index >= 15 is 0 Å². The number of hydrogen-bond donors (Lipinski definition) is 1. The van der Waals surface area contributed by atoms with Gasteiger partial charge in [-0.1, -0.05) is 12.2 Å². The number of ether oxygens (including phenoxy) is 2. The highest BCUT2D eigenvalue weighted by Crippen LogP contribution is 2.36. The molecule has 0 aromatic heterocycles. The molecule has 2 N–H and O–H groups in total. The summed E-state index contributed by atoms with van der Waals surface area (Å²) in [6.07, 6.45) is 3.31. The summed E-state index contributed by atoms with van der Waals surface area (Å²) in [6.45, 7) is 8.28. The third-order valence-electron chi connectivity index (χ3n) is 2.76. The van der Waals surface area contributed by atoms with E-state index in [1.54, 1.807) is 29.2 Å². The number of carbonyl (C=O) groups excluding carboxylic acids is 1. The molecule has 1 aromatic carbocycles. The van der Waals surface area contributed by atoms with Crippen LogP contribution in [-0.4, -0.2) is 30.7 Å². The third-order valence-corrected chi connectivity index (χ3v) is 2.76. The lowest BCUT2D eigenvalue weighted by atomic mass is 10.1. The third kappa shape index (κ3) is 2.54. The van der Waals surface area contributed by atoms with Gasteiger partial charge in [0.2, 0.25) is 6.79 Å². The van der Waals surface area contributed by atoms with Crippen LogP contribution in [0.15, 0.2) is 37.4 Å². The number of nitrogens with two attached hydrogens (primary N) is 1. The molecule has 100 valence electrons. The molecule has 1 aliphatic rings. The van der Waals surface area contributed by atoms with Crippen LogP contribution in [0.1, 0.15) is 10.4 Å². The topological polar surface area (TPSA) is 64.8 Å². The highest BCUT2D eigenvalue weighted by atomic mass is 16.7. The van der Waals surface area contributed by atoms with Crippen LogP contribution in [-0.2, 0) is 0 Å². The summed E-state index contributed by atoms with van der Waals surface area (Å²) in [5.41, 5.74) is 6.65. The minimum absolute atomic E-state index is 0.148. The van der Waals surface area contributed by atoms with Gasteiger partial charge in [-0.05, 0) is 6.07 Å². The quantitative estimate of drug-likeness (QED) is 0.647. The maximum Gasteiger partial charge on any atom is 0.256 e. The summed E-state index contributed by atoms with van der Waals surface area (Å²) in [5, 5.41) is 0. The van der Waals surface area contributed by atoms with Gasteiger partial charge in [0.15, 0.2) is 11.5 Å². The van der Waals surface area contributed by atoms with Crippen molar-refractivity contribution >= 4 is 11.6 Å². The van der Waals surface area contributed by atoms with Crippen LogP contribution in [0.4, 0.5) is 5.69 Å². The van der Waals surface area contributed by atoms with Crippen LogP contribution in [0.25, 0.3) is 0 Å². The summed E-state index contributed by atoms with van der Waals surface area (Å²) in [5.74, 6) is 0.915. The SMILES string of the molecule is C=CCN(CC=C)C(=O)c1cc2c(cc1N)OCO2. The van der Waals surface area contributed by atoms with E-state index in [-0.39, 0.29) is 12.7 Å². The smallest absolute Gasteiger partial charge is 0.256 e. The van der Waals surface area contributed by atoms with E-state index in [9.17, 15) is 4.79 Å². The van der Waals surface area contributed by atoms with Crippen molar-refractivity contribution in [2.75, 3.05) is 25.6 Å². The Kier molecular flexibility index (Phi) is 3.75. The van der Waals surface area contributed by atoms with Crippen LogP contribution >= 0.6 is 0 Å². The molecule has 5 nitrogen and oxygen atoms in total. The Morgan fingerprint density at radius 3 is 2.42 bits per heavy atom. The number of carbonyl (C=O) groups is 1. The van der Waals surface area contributed by atoms with E-state index < -0.39 is 0 Å². The zero-order chi connectivity index (χ0) is 13.8. The highest BCUT2D eigenvalue weighted by Gasteiger charge is 2.22. The number of rotatable bonds is 5. The summed E-state index contributed by atoms with van der Waals surface area (Å²) >= 11 is 0. The second-order valence-electron chi connectivity index (χ2n) is 4.08. The molecule has 0 fully saturated rings. The van der Waals surface area contributed by atoms with Gasteiger partial charge in [-0.25, -0.2) is 0 Å². The molecule has 2 rings (SSSR count). The van der Waals surface area contributed by atoms with Gasteiger partial charge >= 0.3 is 0 Å². The van der Waals surface area contributed by atoms with Gasteiger partial charge in [-0.15, -0.1) is 13.2 Å². The van der Waals surface area contributed by atoms with Crippen LogP contribution in [0.2, 0.25) is 0 Å². The van der Waals surface area contributed by atoms with Crippen LogP contribution in [0.3, 0.4) is 0 Å². The Morgan fingerprint density at radius 1 is 1.26 bits per heavy atom. The molecule has 0 atom stereocenters. The number of nitrogens with zero attached hydrogens (tertiary/aromatic N) is 1. The largest absolute Gasteiger partial charge is 0.454 e. The standard InChI is InChI=1S/C14H16N2O3/c1-3-5-16(6-4-2)14(17)10-7-12-13(8-11(10)15)19-9-18-12/h3-4,7-8H,1-2,5-6,9,15H2. The number of anilines is 1. The summed E-state index contributed by atoms with van der Waals surface area (Å²) in [7, 11) is 0. The lowest BCUT2D eigenvalue weighted by molar-refractivity contribution is 0.0791. The molecule has 0 aliphatic carbocycles. The van der Waals surface area contributed by atoms with Gasteiger partial charge in [0.05, 0.1) is 5.56 Å². The molecule has 1 amide bonds. The van der Waals surface area contributed by atoms with Gasteiger partial charge in [-0.2, -0.15) is 0 Å². The average molecular weight is 260 g/mol. The predicted molar refractivity (Wildman–Crippen MR) is 73.3 cm³/mol. The number of benzene rings is 1. The van der Waals surface area contributed by atoms with Crippen molar-refractivity contribution in [1.82, 2.24) is 4.90 Å². The van der Waals surface area contributed by atoms with Gasteiger partial charge in [-0.3, -0.25) is 4.79 Å². The van der Waals surface area contributed by atoms with Crippen molar-refractivity contribution in [2.45, 2.75) is 0 Å². The second-order valence-corrected chi connectivity index (χ2v) is 4.08. The summed E-state index contributed by atoms with van der Waals surface area (Å²) in [4.78, 5) is 14.0. The van der Waals surface area contributed by atoms with E-state index in [2.05, 4.69) is 13.2 Å². The molecule has 0 saturated heterocycles. The Morgan fingerprint density at radius 2 is 1.84 bits per heavy atom. The van der Waals surface area contributed by atoms with Crippen LogP contribution in [0, 0.1) is 0 Å². The molecule has 0 spiro atoms. The first-order chi connectivity index (χ1) is 9.17. The number of fused-ring (bicyclic) bond motifs is 1. The maximum atomic E-state index is 12.4. The normalized spacial score (nSPS) is 12.0. The number of nitrogen functional groups attached to an aromatic ring is 1. The first-order valence-electron chi connectivity index (χ1n) is 5.87. The molecule has 19 heavy (non-hydrogen) atoms. The molecule has 0 saturated carbocycles. The van der Waals surface area contributed by atoms with Crippen molar-refractivity contribution in [3.63, 3.8) is 0 Å². The van der Waals surface area contributed by atoms with Crippen LogP contribution in [0.5, 0.6) is 11.5 Å². The molecule has 1 aromatic rings. The van der Waals surface area contributed by atoms with Crippen LogP contribution < -0.4 is 15.2 Å². The van der Waals surface area contributed by atoms with Crippen molar-refractivity contribution in [3.8, 4) is 11.5 Å². The minimum atomic E-state index is -0.185. The fourth-order valence-electron chi connectivity index (χ4n) is 1.87. The lowest BCUT2D eigenvalue weighted by Gasteiger charge is -2.20. The van der Waals surface area contributed by atoms with E-state index in [0.29, 0.717) is 35.8 Å². The van der Waals surface area contributed by atoms with Crippen molar-refractivity contribution in [2.24, 2.45) is 0 Å². The minimum Gasteiger partial charge on any atom is -0.454 e. The average Bonchev–Trinajstić information content (AvgIpc) is 2.83. The van der Waals surface area contributed by atoms with Gasteiger partial charge in [0, 0.05) is 24.8 Å². The lowest BCUT2D eigenvalue weighted by Crippen LogP contribution is -2.31. The Bertz CT molecular complexity index is 516. The molecule has 0 radical (unpaired) electrons. The van der Waals surface area contributed by atoms with Crippen molar-refractivity contribution in [3.05, 3.63) is 43.0 Å². The first-order valence-corrected chi connectivity index (χ1v) is 5.87. The van der Waals surface area contributed by atoms with E-state index in [1.807, 2.05) is 0 Å². The van der Waals surface area contributed by atoms with Gasteiger partial charge < -0.3 is 20.1 Å². The molecule has 1 aliphatic heterocycles. The monoisotopic (exact) mass is 260 g/mol. The Hall–Kier alpha value is -2.43. The van der Waals surface area contributed by atoms with Gasteiger partial charge in [0.25, 0.3) is 5.91 Å². The fraction of sp³-hybridized carbons (Fsp3) is 0.214. The zero-order valence-electron chi connectivity index (χ0n) is 10.6. The molecular formula is C14H16N2O3. The van der Waals surface area contributed by atoms with Crippen molar-refractivity contribution in [1.29, 1.82) is 0 Å². The fourth-order valence-corrected chi connectivity index (χ4v) is 1.87. The predicted octanol–water partition coefficient (Wildman–Crippen LogP) is 1.81. The van der Waals surface area contributed by atoms with E-state index in [0.717, 1.165) is 0 Å². The Labute approximate surface area is 111 Å². The van der Waals surface area contributed by atoms with E-state index in [1.165, 1.54) is 0 Å². The maximum absolute atomic E-state index is 12.4. The molecule has 5 heteroatoms. The summed E-state index contributed by atoms with van der Waals surface area (Å²) in [6, 6.07) is 3.22. The number of hydrogen-bond acceptors (Lipinski definition) is 4. The highest BCUT2D eigenvalue weighted by molar-refractivity contribution is 6.00. The zero-order valence-corrected chi connectivity index (χ0v) is 10.6. The number of amides is 1.